The SMILES string of the molecule is CCC(C)CC(C)NC(=O)c1cc(Br)ccc1N. The van der Waals surface area contributed by atoms with Crippen molar-refractivity contribution in [1.82, 2.24) is 5.32 Å². The van der Waals surface area contributed by atoms with Gasteiger partial charge in [-0.2, -0.15) is 0 Å². The van der Waals surface area contributed by atoms with Crippen LogP contribution >= 0.6 is 15.9 Å². The van der Waals surface area contributed by atoms with E-state index < -0.39 is 0 Å². The van der Waals surface area contributed by atoms with E-state index >= 15 is 0 Å². The average Bonchev–Trinajstić information content (AvgIpc) is 2.31. The summed E-state index contributed by atoms with van der Waals surface area (Å²) in [6, 6.07) is 5.47. The van der Waals surface area contributed by atoms with Gasteiger partial charge in [0.15, 0.2) is 0 Å². The Labute approximate surface area is 117 Å². The van der Waals surface area contributed by atoms with Gasteiger partial charge in [0, 0.05) is 16.2 Å². The van der Waals surface area contributed by atoms with Crippen molar-refractivity contribution >= 4 is 27.5 Å². The van der Waals surface area contributed by atoms with Gasteiger partial charge in [-0.3, -0.25) is 4.79 Å². The Balaban J connectivity index is 2.67. The first-order valence-corrected chi connectivity index (χ1v) is 7.09. The molecule has 3 nitrogen and oxygen atoms in total. The van der Waals surface area contributed by atoms with Crippen LogP contribution in [0.5, 0.6) is 0 Å². The minimum absolute atomic E-state index is 0.107. The van der Waals surface area contributed by atoms with Crippen LogP contribution in [0.4, 0.5) is 5.69 Å². The summed E-state index contributed by atoms with van der Waals surface area (Å²) in [4.78, 5) is 12.1. The highest BCUT2D eigenvalue weighted by atomic mass is 79.9. The van der Waals surface area contributed by atoms with Crippen molar-refractivity contribution in [2.24, 2.45) is 5.92 Å². The number of rotatable bonds is 5. The number of nitrogens with two attached hydrogens (primary N) is 1. The predicted molar refractivity (Wildman–Crippen MR) is 79.6 cm³/mol. The lowest BCUT2D eigenvalue weighted by atomic mass is 10.00. The number of amides is 1. The number of carbonyl (C=O) groups is 1. The van der Waals surface area contributed by atoms with Gasteiger partial charge in [0.05, 0.1) is 5.56 Å². The Bertz CT molecular complexity index is 420. The smallest absolute Gasteiger partial charge is 0.253 e. The lowest BCUT2D eigenvalue weighted by Gasteiger charge is -2.18. The standard InChI is InChI=1S/C14H21BrN2O/c1-4-9(2)7-10(3)17-14(18)12-8-11(15)5-6-13(12)16/h5-6,8-10H,4,7,16H2,1-3H3,(H,17,18). The van der Waals surface area contributed by atoms with E-state index in [4.69, 9.17) is 5.73 Å². The monoisotopic (exact) mass is 312 g/mol. The molecule has 0 fully saturated rings. The molecule has 1 aromatic carbocycles. The molecule has 18 heavy (non-hydrogen) atoms. The Morgan fingerprint density at radius 2 is 2.11 bits per heavy atom. The topological polar surface area (TPSA) is 55.1 Å². The van der Waals surface area contributed by atoms with Gasteiger partial charge in [-0.1, -0.05) is 36.2 Å². The van der Waals surface area contributed by atoms with Crippen molar-refractivity contribution in [3.8, 4) is 0 Å². The first kappa shape index (κ1) is 15.0. The van der Waals surface area contributed by atoms with Crippen LogP contribution in [0.3, 0.4) is 0 Å². The number of nitrogen functional groups attached to an aromatic ring is 1. The summed E-state index contributed by atoms with van der Waals surface area (Å²) < 4.78 is 0.858. The summed E-state index contributed by atoms with van der Waals surface area (Å²) in [5.41, 5.74) is 6.85. The zero-order valence-corrected chi connectivity index (χ0v) is 12.8. The molecule has 0 heterocycles. The molecule has 2 unspecified atom stereocenters. The zero-order valence-electron chi connectivity index (χ0n) is 11.2. The average molecular weight is 313 g/mol. The van der Waals surface area contributed by atoms with Crippen LogP contribution in [-0.4, -0.2) is 11.9 Å². The number of carbonyl (C=O) groups excluding carboxylic acids is 1. The van der Waals surface area contributed by atoms with E-state index in [1.807, 2.05) is 13.0 Å². The second-order valence-electron chi connectivity index (χ2n) is 4.86. The van der Waals surface area contributed by atoms with Crippen molar-refractivity contribution in [1.29, 1.82) is 0 Å². The molecular formula is C14H21BrN2O. The predicted octanol–water partition coefficient (Wildman–Crippen LogP) is 3.59. The Morgan fingerprint density at radius 1 is 1.44 bits per heavy atom. The molecule has 0 saturated carbocycles. The highest BCUT2D eigenvalue weighted by Crippen LogP contribution is 2.19. The lowest BCUT2D eigenvalue weighted by Crippen LogP contribution is -2.34. The van der Waals surface area contributed by atoms with Crippen molar-refractivity contribution in [3.05, 3.63) is 28.2 Å². The van der Waals surface area contributed by atoms with Gasteiger partial charge in [-0.05, 0) is 37.5 Å². The normalized spacial score (nSPS) is 14.0. The fraction of sp³-hybridized carbons (Fsp3) is 0.500. The maximum atomic E-state index is 12.1. The molecule has 0 radical (unpaired) electrons. The van der Waals surface area contributed by atoms with Crippen LogP contribution in [0.15, 0.2) is 22.7 Å². The van der Waals surface area contributed by atoms with Crippen LogP contribution in [-0.2, 0) is 0 Å². The van der Waals surface area contributed by atoms with Gasteiger partial charge in [-0.15, -0.1) is 0 Å². The molecule has 1 aromatic rings. The van der Waals surface area contributed by atoms with E-state index in [9.17, 15) is 4.79 Å². The van der Waals surface area contributed by atoms with E-state index in [-0.39, 0.29) is 11.9 Å². The first-order valence-electron chi connectivity index (χ1n) is 6.30. The molecule has 4 heteroatoms. The third-order valence-corrected chi connectivity index (χ3v) is 3.58. The van der Waals surface area contributed by atoms with Gasteiger partial charge in [0.1, 0.15) is 0 Å². The van der Waals surface area contributed by atoms with E-state index in [1.165, 1.54) is 0 Å². The van der Waals surface area contributed by atoms with Gasteiger partial charge >= 0.3 is 0 Å². The second-order valence-corrected chi connectivity index (χ2v) is 5.77. The summed E-state index contributed by atoms with van der Waals surface area (Å²) in [5, 5.41) is 2.99. The zero-order chi connectivity index (χ0) is 13.7. The van der Waals surface area contributed by atoms with Crippen molar-refractivity contribution in [3.63, 3.8) is 0 Å². The summed E-state index contributed by atoms with van der Waals surface area (Å²) in [6.07, 6.45) is 2.11. The minimum atomic E-state index is -0.107. The molecule has 0 aromatic heterocycles. The molecular weight excluding hydrogens is 292 g/mol. The van der Waals surface area contributed by atoms with Gasteiger partial charge in [0.25, 0.3) is 5.91 Å². The molecule has 0 bridgehead atoms. The van der Waals surface area contributed by atoms with E-state index in [1.54, 1.807) is 12.1 Å². The molecule has 0 saturated heterocycles. The van der Waals surface area contributed by atoms with Gasteiger partial charge in [0.2, 0.25) is 0 Å². The quantitative estimate of drug-likeness (QED) is 0.816. The summed E-state index contributed by atoms with van der Waals surface area (Å²) in [5.74, 6) is 0.504. The number of nitrogens with one attached hydrogen (secondary N) is 1. The number of halogens is 1. The fourth-order valence-corrected chi connectivity index (χ4v) is 2.22. The molecule has 0 aliphatic carbocycles. The van der Waals surface area contributed by atoms with Crippen LogP contribution < -0.4 is 11.1 Å². The van der Waals surface area contributed by atoms with Gasteiger partial charge in [-0.25, -0.2) is 0 Å². The first-order chi connectivity index (χ1) is 8.43. The molecule has 1 rings (SSSR count). The Morgan fingerprint density at radius 3 is 2.72 bits per heavy atom. The second kappa shape index (κ2) is 6.78. The molecule has 0 aliphatic rings. The molecule has 1 amide bonds. The molecule has 3 N–H and O–H groups in total. The molecule has 2 atom stereocenters. The third-order valence-electron chi connectivity index (χ3n) is 3.09. The highest BCUT2D eigenvalue weighted by molar-refractivity contribution is 9.10. The number of hydrogen-bond acceptors (Lipinski definition) is 2. The molecule has 0 spiro atoms. The van der Waals surface area contributed by atoms with Crippen molar-refractivity contribution in [2.45, 2.75) is 39.7 Å². The van der Waals surface area contributed by atoms with Crippen LogP contribution in [0.2, 0.25) is 0 Å². The Kier molecular flexibility index (Phi) is 5.66. The van der Waals surface area contributed by atoms with Crippen LogP contribution in [0.1, 0.15) is 44.0 Å². The third kappa shape index (κ3) is 4.33. The Hall–Kier alpha value is -1.03. The van der Waals surface area contributed by atoms with Crippen LogP contribution in [0.25, 0.3) is 0 Å². The number of anilines is 1. The minimum Gasteiger partial charge on any atom is -0.398 e. The maximum absolute atomic E-state index is 12.1. The lowest BCUT2D eigenvalue weighted by molar-refractivity contribution is 0.0936. The van der Waals surface area contributed by atoms with Gasteiger partial charge < -0.3 is 11.1 Å². The van der Waals surface area contributed by atoms with E-state index in [0.717, 1.165) is 17.3 Å². The highest BCUT2D eigenvalue weighted by Gasteiger charge is 2.14. The molecule has 100 valence electrons. The summed E-state index contributed by atoms with van der Waals surface area (Å²) >= 11 is 3.35. The van der Waals surface area contributed by atoms with E-state index in [0.29, 0.717) is 17.2 Å². The van der Waals surface area contributed by atoms with E-state index in [2.05, 4.69) is 35.1 Å². The van der Waals surface area contributed by atoms with Crippen molar-refractivity contribution < 1.29 is 4.79 Å². The summed E-state index contributed by atoms with van der Waals surface area (Å²) in [6.45, 7) is 6.37. The maximum Gasteiger partial charge on any atom is 0.253 e. The van der Waals surface area contributed by atoms with Crippen molar-refractivity contribution in [2.75, 3.05) is 5.73 Å². The molecule has 0 aliphatic heterocycles. The number of benzene rings is 1. The number of hydrogen-bond donors (Lipinski definition) is 2. The largest absolute Gasteiger partial charge is 0.398 e. The summed E-state index contributed by atoms with van der Waals surface area (Å²) in [7, 11) is 0. The van der Waals surface area contributed by atoms with Crippen LogP contribution in [0, 0.1) is 5.92 Å². The fourth-order valence-electron chi connectivity index (χ4n) is 1.86.